The normalized spacial score (nSPS) is 15.4. The number of thiazole rings is 1. The summed E-state index contributed by atoms with van der Waals surface area (Å²) in [7, 11) is 0. The second-order valence-electron chi connectivity index (χ2n) is 6.72. The van der Waals surface area contributed by atoms with Crippen LogP contribution in [-0.2, 0) is 16.1 Å². The topological polar surface area (TPSA) is 74.8 Å². The third kappa shape index (κ3) is 5.60. The van der Waals surface area contributed by atoms with Crippen molar-refractivity contribution < 1.29 is 14.3 Å². The Kier molecular flexibility index (Phi) is 7.13. The van der Waals surface area contributed by atoms with Gasteiger partial charge in [0.25, 0.3) is 0 Å². The van der Waals surface area contributed by atoms with E-state index >= 15 is 0 Å². The molecule has 1 amide bonds. The molecule has 150 valence electrons. The minimum atomic E-state index is -0.427. The van der Waals surface area contributed by atoms with E-state index < -0.39 is 5.97 Å². The van der Waals surface area contributed by atoms with E-state index in [1.807, 2.05) is 6.92 Å². The molecule has 0 unspecified atom stereocenters. The zero-order valence-corrected chi connectivity index (χ0v) is 17.1. The molecule has 3 rings (SSSR count). The first kappa shape index (κ1) is 20.4. The lowest BCUT2D eigenvalue weighted by Gasteiger charge is -2.33. The van der Waals surface area contributed by atoms with Crippen LogP contribution >= 0.6 is 11.3 Å². The molecule has 0 aliphatic carbocycles. The Balaban J connectivity index is 1.48. The fourth-order valence-electron chi connectivity index (χ4n) is 3.19. The van der Waals surface area contributed by atoms with Gasteiger partial charge in [-0.15, -0.1) is 11.3 Å². The molecular weight excluding hydrogens is 376 g/mol. The van der Waals surface area contributed by atoms with Crippen LogP contribution in [0.25, 0.3) is 0 Å². The second-order valence-corrected chi connectivity index (χ2v) is 7.79. The highest BCUT2D eigenvalue weighted by Gasteiger charge is 2.21. The Hall–Kier alpha value is -2.29. The number of rotatable bonds is 7. The summed E-state index contributed by atoms with van der Waals surface area (Å²) < 4.78 is 5.05. The highest BCUT2D eigenvalue weighted by atomic mass is 32.1. The number of nitrogens with zero attached hydrogens (tertiary/aromatic N) is 3. The number of aromatic nitrogens is 1. The molecule has 28 heavy (non-hydrogen) atoms. The maximum Gasteiger partial charge on any atom is 0.340 e. The number of para-hydroxylation sites is 1. The summed E-state index contributed by atoms with van der Waals surface area (Å²) >= 11 is 1.67. The Morgan fingerprint density at radius 2 is 1.89 bits per heavy atom. The average Bonchev–Trinajstić information content (AvgIpc) is 3.08. The first-order valence-corrected chi connectivity index (χ1v) is 10.3. The fourth-order valence-corrected chi connectivity index (χ4v) is 3.79. The molecule has 0 spiro atoms. The molecule has 1 N–H and O–H groups in total. The molecule has 0 radical (unpaired) electrons. The lowest BCUT2D eigenvalue weighted by atomic mass is 10.2. The number of hydrogen-bond donors (Lipinski definition) is 1. The third-order valence-electron chi connectivity index (χ3n) is 4.58. The van der Waals surface area contributed by atoms with E-state index in [0.29, 0.717) is 24.4 Å². The van der Waals surface area contributed by atoms with E-state index in [0.717, 1.165) is 43.4 Å². The number of aryl methyl sites for hydroxylation is 1. The van der Waals surface area contributed by atoms with Crippen LogP contribution < -0.4 is 5.32 Å². The smallest absolute Gasteiger partial charge is 0.340 e. The van der Waals surface area contributed by atoms with Gasteiger partial charge < -0.3 is 10.1 Å². The van der Waals surface area contributed by atoms with E-state index in [4.69, 9.17) is 4.74 Å². The number of hydrogen-bond acceptors (Lipinski definition) is 7. The van der Waals surface area contributed by atoms with Gasteiger partial charge >= 0.3 is 5.97 Å². The Morgan fingerprint density at radius 3 is 2.57 bits per heavy atom. The van der Waals surface area contributed by atoms with Gasteiger partial charge in [0.15, 0.2) is 0 Å². The number of carbonyl (C=O) groups excluding carboxylic acids is 2. The summed E-state index contributed by atoms with van der Waals surface area (Å²) in [6, 6.07) is 6.92. The number of amides is 1. The zero-order valence-electron chi connectivity index (χ0n) is 16.3. The van der Waals surface area contributed by atoms with E-state index in [9.17, 15) is 9.59 Å². The van der Waals surface area contributed by atoms with Crippen LogP contribution in [0.1, 0.15) is 28.0 Å². The van der Waals surface area contributed by atoms with Crippen molar-refractivity contribution in [3.63, 3.8) is 0 Å². The van der Waals surface area contributed by atoms with E-state index in [-0.39, 0.29) is 5.91 Å². The van der Waals surface area contributed by atoms with Gasteiger partial charge in [-0.3, -0.25) is 14.6 Å². The van der Waals surface area contributed by atoms with Crippen LogP contribution in [0, 0.1) is 6.92 Å². The summed E-state index contributed by atoms with van der Waals surface area (Å²) in [5.74, 6) is -0.551. The Morgan fingerprint density at radius 1 is 1.18 bits per heavy atom. The first-order chi connectivity index (χ1) is 13.5. The van der Waals surface area contributed by atoms with Crippen LogP contribution in [0.3, 0.4) is 0 Å². The fraction of sp³-hybridized carbons (Fsp3) is 0.450. The predicted molar refractivity (Wildman–Crippen MR) is 110 cm³/mol. The molecule has 2 heterocycles. The molecule has 8 heteroatoms. The Bertz CT molecular complexity index is 815. The number of anilines is 1. The van der Waals surface area contributed by atoms with Gasteiger partial charge in [-0.05, 0) is 26.0 Å². The monoisotopic (exact) mass is 402 g/mol. The van der Waals surface area contributed by atoms with Crippen LogP contribution in [0.4, 0.5) is 5.69 Å². The lowest BCUT2D eigenvalue weighted by Crippen LogP contribution is -2.48. The Labute approximate surface area is 169 Å². The molecule has 1 aromatic heterocycles. The average molecular weight is 403 g/mol. The number of esters is 1. The number of piperazine rings is 1. The number of carbonyl (C=O) groups is 2. The van der Waals surface area contributed by atoms with Crippen molar-refractivity contribution in [2.45, 2.75) is 20.4 Å². The maximum absolute atomic E-state index is 12.5. The van der Waals surface area contributed by atoms with Crippen molar-refractivity contribution in [2.75, 3.05) is 44.6 Å². The van der Waals surface area contributed by atoms with Crippen LogP contribution in [0.2, 0.25) is 0 Å². The molecule has 1 aromatic carbocycles. The quantitative estimate of drug-likeness (QED) is 0.717. The minimum Gasteiger partial charge on any atom is -0.462 e. The van der Waals surface area contributed by atoms with E-state index in [2.05, 4.69) is 25.5 Å². The third-order valence-corrected chi connectivity index (χ3v) is 5.40. The van der Waals surface area contributed by atoms with Crippen molar-refractivity contribution >= 4 is 28.9 Å². The van der Waals surface area contributed by atoms with Crippen molar-refractivity contribution in [2.24, 2.45) is 0 Å². The van der Waals surface area contributed by atoms with Gasteiger partial charge in [0.1, 0.15) is 0 Å². The van der Waals surface area contributed by atoms with Gasteiger partial charge in [-0.1, -0.05) is 12.1 Å². The molecule has 1 saturated heterocycles. The first-order valence-electron chi connectivity index (χ1n) is 9.47. The second kappa shape index (κ2) is 9.77. The largest absolute Gasteiger partial charge is 0.462 e. The highest BCUT2D eigenvalue weighted by Crippen LogP contribution is 2.17. The zero-order chi connectivity index (χ0) is 19.9. The molecule has 7 nitrogen and oxygen atoms in total. The van der Waals surface area contributed by atoms with Crippen LogP contribution in [0.5, 0.6) is 0 Å². The number of benzene rings is 1. The van der Waals surface area contributed by atoms with Gasteiger partial charge in [-0.25, -0.2) is 9.78 Å². The van der Waals surface area contributed by atoms with Crippen LogP contribution in [0.15, 0.2) is 29.6 Å². The minimum absolute atomic E-state index is 0.125. The summed E-state index contributed by atoms with van der Waals surface area (Å²) in [5, 5.41) is 6.05. The summed E-state index contributed by atoms with van der Waals surface area (Å²) in [6.07, 6.45) is 0. The lowest BCUT2D eigenvalue weighted by molar-refractivity contribution is -0.117. The number of ether oxygens (including phenoxy) is 1. The summed E-state index contributed by atoms with van der Waals surface area (Å²) in [6.45, 7) is 8.71. The van der Waals surface area contributed by atoms with Gasteiger partial charge in [-0.2, -0.15) is 0 Å². The summed E-state index contributed by atoms with van der Waals surface area (Å²) in [5.41, 5.74) is 1.98. The molecule has 1 aliphatic heterocycles. The van der Waals surface area contributed by atoms with Crippen molar-refractivity contribution in [3.05, 3.63) is 45.9 Å². The van der Waals surface area contributed by atoms with Gasteiger partial charge in [0.2, 0.25) is 5.91 Å². The van der Waals surface area contributed by atoms with E-state index in [1.165, 1.54) is 0 Å². The molecule has 1 fully saturated rings. The molecule has 1 aliphatic rings. The van der Waals surface area contributed by atoms with Gasteiger partial charge in [0, 0.05) is 38.1 Å². The molecule has 0 bridgehead atoms. The number of nitrogens with one attached hydrogen (secondary N) is 1. The van der Waals surface area contributed by atoms with Gasteiger partial charge in [0.05, 0.1) is 35.1 Å². The molecule has 0 saturated carbocycles. The van der Waals surface area contributed by atoms with Crippen molar-refractivity contribution in [1.29, 1.82) is 0 Å². The molecule has 0 atom stereocenters. The molecular formula is C20H26N4O3S. The van der Waals surface area contributed by atoms with Crippen molar-refractivity contribution in [1.82, 2.24) is 14.8 Å². The highest BCUT2D eigenvalue weighted by molar-refractivity contribution is 7.09. The molecule has 2 aromatic rings. The predicted octanol–water partition coefficient (Wildman–Crippen LogP) is 2.38. The van der Waals surface area contributed by atoms with Crippen molar-refractivity contribution in [3.8, 4) is 0 Å². The SMILES string of the molecule is CCOC(=O)c1ccccc1NC(=O)CN1CCN(Cc2csc(C)n2)CC1. The van der Waals surface area contributed by atoms with E-state index in [1.54, 1.807) is 42.5 Å². The van der Waals surface area contributed by atoms with Crippen LogP contribution in [-0.4, -0.2) is 66.0 Å². The standard InChI is InChI=1S/C20H26N4O3S/c1-3-27-20(26)17-6-4-5-7-18(17)22-19(25)13-24-10-8-23(9-11-24)12-16-14-28-15(2)21-16/h4-7,14H,3,8-13H2,1-2H3,(H,22,25). The maximum atomic E-state index is 12.5. The summed E-state index contributed by atoms with van der Waals surface area (Å²) in [4.78, 5) is 33.5.